The monoisotopic (exact) mass is 277 g/mol. The molecule has 1 fully saturated rings. The number of halogens is 1. The van der Waals surface area contributed by atoms with Gasteiger partial charge in [0.2, 0.25) is 0 Å². The Morgan fingerprint density at radius 3 is 2.70 bits per heavy atom. The summed E-state index contributed by atoms with van der Waals surface area (Å²) < 4.78 is 13.8. The number of carbonyl (C=O) groups excluding carboxylic acids is 1. The van der Waals surface area contributed by atoms with Crippen molar-refractivity contribution in [1.82, 2.24) is 0 Å². The molecule has 1 saturated carbocycles. The predicted octanol–water partition coefficient (Wildman–Crippen LogP) is 3.90. The van der Waals surface area contributed by atoms with Crippen LogP contribution >= 0.6 is 0 Å². The Morgan fingerprint density at radius 1 is 1.35 bits per heavy atom. The first kappa shape index (κ1) is 15.0. The molecule has 0 bridgehead atoms. The van der Waals surface area contributed by atoms with Crippen molar-refractivity contribution in [2.24, 2.45) is 17.8 Å². The van der Waals surface area contributed by atoms with E-state index in [0.29, 0.717) is 36.3 Å². The van der Waals surface area contributed by atoms with E-state index in [2.05, 4.69) is 13.8 Å². The molecular weight excluding hydrogens is 253 g/mol. The van der Waals surface area contributed by atoms with Crippen LogP contribution in [-0.2, 0) is 4.79 Å². The maximum absolute atomic E-state index is 13.8. The molecule has 0 heterocycles. The van der Waals surface area contributed by atoms with Gasteiger partial charge in [0.1, 0.15) is 11.6 Å². The molecule has 1 aliphatic rings. The number of hydrogen-bond acceptors (Lipinski definition) is 2. The average molecular weight is 277 g/mol. The molecule has 2 rings (SSSR count). The topological polar surface area (TPSA) is 20.3 Å². The van der Waals surface area contributed by atoms with Crippen molar-refractivity contribution in [3.8, 4) is 0 Å². The summed E-state index contributed by atoms with van der Waals surface area (Å²) in [5.74, 6) is 1.39. The van der Waals surface area contributed by atoms with Crippen LogP contribution in [-0.4, -0.2) is 19.4 Å². The van der Waals surface area contributed by atoms with Gasteiger partial charge in [-0.3, -0.25) is 4.79 Å². The average Bonchev–Trinajstić information content (AvgIpc) is 2.41. The van der Waals surface area contributed by atoms with Crippen molar-refractivity contribution in [1.29, 1.82) is 0 Å². The SMILES string of the molecule is CC(C)C1CCC(=O)C(CN(C)c2ccccc2F)C1. The summed E-state index contributed by atoms with van der Waals surface area (Å²) in [7, 11) is 1.87. The second-order valence-corrected chi connectivity index (χ2v) is 6.27. The molecule has 3 heteroatoms. The van der Waals surface area contributed by atoms with E-state index in [-0.39, 0.29) is 11.7 Å². The molecule has 0 aliphatic heterocycles. The van der Waals surface area contributed by atoms with Gasteiger partial charge in [-0.25, -0.2) is 4.39 Å². The number of anilines is 1. The van der Waals surface area contributed by atoms with Gasteiger partial charge in [0, 0.05) is 25.9 Å². The second-order valence-electron chi connectivity index (χ2n) is 6.27. The van der Waals surface area contributed by atoms with E-state index in [1.165, 1.54) is 6.07 Å². The van der Waals surface area contributed by atoms with Gasteiger partial charge in [-0.1, -0.05) is 26.0 Å². The Hall–Kier alpha value is -1.38. The van der Waals surface area contributed by atoms with Crippen LogP contribution in [0.4, 0.5) is 10.1 Å². The van der Waals surface area contributed by atoms with E-state index in [4.69, 9.17) is 0 Å². The van der Waals surface area contributed by atoms with E-state index < -0.39 is 0 Å². The summed E-state index contributed by atoms with van der Waals surface area (Å²) in [5.41, 5.74) is 0.576. The Kier molecular flexibility index (Phi) is 4.79. The molecule has 1 aliphatic carbocycles. The van der Waals surface area contributed by atoms with Crippen LogP contribution in [0.2, 0.25) is 0 Å². The standard InChI is InChI=1S/C17H24FNO/c1-12(2)13-8-9-17(20)14(10-13)11-19(3)16-7-5-4-6-15(16)18/h4-7,12-14H,8-11H2,1-3H3. The third kappa shape index (κ3) is 3.38. The minimum atomic E-state index is -0.223. The van der Waals surface area contributed by atoms with Crippen LogP contribution in [0, 0.1) is 23.6 Å². The highest BCUT2D eigenvalue weighted by atomic mass is 19.1. The maximum Gasteiger partial charge on any atom is 0.146 e. The van der Waals surface area contributed by atoms with Gasteiger partial charge >= 0.3 is 0 Å². The third-order valence-corrected chi connectivity index (χ3v) is 4.50. The van der Waals surface area contributed by atoms with Gasteiger partial charge in [0.05, 0.1) is 5.69 Å². The quantitative estimate of drug-likeness (QED) is 0.832. The van der Waals surface area contributed by atoms with Crippen LogP contribution in [0.25, 0.3) is 0 Å². The highest BCUT2D eigenvalue weighted by Gasteiger charge is 2.31. The first-order valence-electron chi connectivity index (χ1n) is 7.47. The van der Waals surface area contributed by atoms with E-state index in [1.807, 2.05) is 18.0 Å². The molecule has 2 unspecified atom stereocenters. The fraction of sp³-hybridized carbons (Fsp3) is 0.588. The molecule has 110 valence electrons. The number of ketones is 1. The van der Waals surface area contributed by atoms with Crippen molar-refractivity contribution in [3.63, 3.8) is 0 Å². The van der Waals surface area contributed by atoms with Crippen molar-refractivity contribution in [2.45, 2.75) is 33.1 Å². The zero-order chi connectivity index (χ0) is 14.7. The van der Waals surface area contributed by atoms with Gasteiger partial charge in [-0.05, 0) is 36.8 Å². The zero-order valence-corrected chi connectivity index (χ0v) is 12.6. The number of Topliss-reactive ketones (excluding diaryl/α,β-unsaturated/α-hetero) is 1. The Balaban J connectivity index is 2.04. The van der Waals surface area contributed by atoms with Crippen molar-refractivity contribution < 1.29 is 9.18 Å². The highest BCUT2D eigenvalue weighted by molar-refractivity contribution is 5.82. The largest absolute Gasteiger partial charge is 0.372 e. The summed E-state index contributed by atoms with van der Waals surface area (Å²) in [6.45, 7) is 5.05. The normalized spacial score (nSPS) is 23.1. The highest BCUT2D eigenvalue weighted by Crippen LogP contribution is 2.32. The molecule has 1 aromatic carbocycles. The van der Waals surface area contributed by atoms with Crippen molar-refractivity contribution in [2.75, 3.05) is 18.5 Å². The van der Waals surface area contributed by atoms with Crippen LogP contribution in [0.3, 0.4) is 0 Å². The lowest BCUT2D eigenvalue weighted by Crippen LogP contribution is -2.36. The summed E-state index contributed by atoms with van der Waals surface area (Å²) in [6.07, 6.45) is 2.63. The van der Waals surface area contributed by atoms with Gasteiger partial charge in [-0.15, -0.1) is 0 Å². The van der Waals surface area contributed by atoms with Crippen molar-refractivity contribution in [3.05, 3.63) is 30.1 Å². The second kappa shape index (κ2) is 6.38. The van der Waals surface area contributed by atoms with Crippen molar-refractivity contribution >= 4 is 11.5 Å². The number of nitrogens with zero attached hydrogens (tertiary/aromatic N) is 1. The first-order chi connectivity index (χ1) is 9.49. The molecule has 2 nitrogen and oxygen atoms in total. The molecule has 2 atom stereocenters. The number of hydrogen-bond donors (Lipinski definition) is 0. The van der Waals surface area contributed by atoms with Gasteiger partial charge in [0.15, 0.2) is 0 Å². The van der Waals surface area contributed by atoms with Crippen LogP contribution < -0.4 is 4.90 Å². The van der Waals surface area contributed by atoms with Gasteiger partial charge in [-0.2, -0.15) is 0 Å². The first-order valence-corrected chi connectivity index (χ1v) is 7.47. The lowest BCUT2D eigenvalue weighted by Gasteiger charge is -2.33. The van der Waals surface area contributed by atoms with E-state index >= 15 is 0 Å². The van der Waals surface area contributed by atoms with Crippen LogP contribution in [0.5, 0.6) is 0 Å². The lowest BCUT2D eigenvalue weighted by molar-refractivity contribution is -0.125. The van der Waals surface area contributed by atoms with Gasteiger partial charge < -0.3 is 4.90 Å². The maximum atomic E-state index is 13.8. The summed E-state index contributed by atoms with van der Waals surface area (Å²) >= 11 is 0. The van der Waals surface area contributed by atoms with Crippen LogP contribution in [0.1, 0.15) is 33.1 Å². The minimum absolute atomic E-state index is 0.0424. The van der Waals surface area contributed by atoms with Gasteiger partial charge in [0.25, 0.3) is 0 Å². The Morgan fingerprint density at radius 2 is 2.05 bits per heavy atom. The van der Waals surface area contributed by atoms with E-state index in [0.717, 1.165) is 12.8 Å². The minimum Gasteiger partial charge on any atom is -0.372 e. The lowest BCUT2D eigenvalue weighted by atomic mass is 9.75. The molecule has 0 N–H and O–H groups in total. The number of rotatable bonds is 4. The molecule has 0 amide bonds. The molecule has 20 heavy (non-hydrogen) atoms. The predicted molar refractivity (Wildman–Crippen MR) is 80.3 cm³/mol. The molecule has 0 aromatic heterocycles. The fourth-order valence-corrected chi connectivity index (χ4v) is 3.12. The molecule has 0 saturated heterocycles. The number of para-hydroxylation sites is 1. The number of benzene rings is 1. The Bertz CT molecular complexity index is 472. The molecule has 0 radical (unpaired) electrons. The molecule has 0 spiro atoms. The summed E-state index contributed by atoms with van der Waals surface area (Å²) in [6, 6.07) is 6.75. The third-order valence-electron chi connectivity index (χ3n) is 4.50. The molecule has 1 aromatic rings. The Labute approximate surface area is 121 Å². The summed E-state index contributed by atoms with van der Waals surface area (Å²) in [4.78, 5) is 14.0. The van der Waals surface area contributed by atoms with Crippen LogP contribution in [0.15, 0.2) is 24.3 Å². The zero-order valence-electron chi connectivity index (χ0n) is 12.6. The van der Waals surface area contributed by atoms with E-state index in [9.17, 15) is 9.18 Å². The molecular formula is C17H24FNO. The smallest absolute Gasteiger partial charge is 0.146 e. The fourth-order valence-electron chi connectivity index (χ4n) is 3.12. The summed E-state index contributed by atoms with van der Waals surface area (Å²) in [5, 5.41) is 0. The van der Waals surface area contributed by atoms with E-state index in [1.54, 1.807) is 12.1 Å². The number of carbonyl (C=O) groups is 1.